The molecule has 2 rings (SSSR count). The number of benzene rings is 1. The standard InChI is InChI=1S/C17H15NO3/c1-13(19)21-17(16-5-3-4-12-18-16)11-8-14-6-9-15(20-2)10-7-14/h3-7,9-10,12,17H,1-2H3. The molecule has 1 unspecified atom stereocenters. The summed E-state index contributed by atoms with van der Waals surface area (Å²) in [6.07, 6.45) is 0.965. The quantitative estimate of drug-likeness (QED) is 0.641. The molecule has 1 atom stereocenters. The van der Waals surface area contributed by atoms with Crippen LogP contribution in [0.3, 0.4) is 0 Å². The molecule has 4 nitrogen and oxygen atoms in total. The zero-order valence-electron chi connectivity index (χ0n) is 11.9. The Morgan fingerprint density at radius 2 is 1.95 bits per heavy atom. The fourth-order valence-corrected chi connectivity index (χ4v) is 1.68. The van der Waals surface area contributed by atoms with E-state index in [2.05, 4.69) is 16.8 Å². The van der Waals surface area contributed by atoms with E-state index in [1.54, 1.807) is 25.4 Å². The lowest BCUT2D eigenvalue weighted by Crippen LogP contribution is -2.08. The van der Waals surface area contributed by atoms with Gasteiger partial charge in [0.1, 0.15) is 5.75 Å². The maximum atomic E-state index is 11.2. The molecule has 0 N–H and O–H groups in total. The van der Waals surface area contributed by atoms with E-state index in [1.165, 1.54) is 6.92 Å². The second kappa shape index (κ2) is 7.11. The monoisotopic (exact) mass is 281 g/mol. The first-order valence-electron chi connectivity index (χ1n) is 6.43. The zero-order valence-corrected chi connectivity index (χ0v) is 11.9. The predicted molar refractivity (Wildman–Crippen MR) is 78.6 cm³/mol. The van der Waals surface area contributed by atoms with Crippen LogP contribution in [0, 0.1) is 11.8 Å². The van der Waals surface area contributed by atoms with Crippen LogP contribution in [0.15, 0.2) is 48.7 Å². The number of esters is 1. The Labute approximate surface area is 123 Å². The Kier molecular flexibility index (Phi) is 4.94. The van der Waals surface area contributed by atoms with Gasteiger partial charge in [-0.05, 0) is 42.3 Å². The van der Waals surface area contributed by atoms with Gasteiger partial charge in [0, 0.05) is 18.7 Å². The molecule has 0 saturated heterocycles. The molecule has 0 aliphatic heterocycles. The number of pyridine rings is 1. The lowest BCUT2D eigenvalue weighted by Gasteiger charge is -2.09. The smallest absolute Gasteiger partial charge is 0.304 e. The van der Waals surface area contributed by atoms with Crippen molar-refractivity contribution < 1.29 is 14.3 Å². The zero-order chi connectivity index (χ0) is 15.1. The molecule has 0 bridgehead atoms. The van der Waals surface area contributed by atoms with Gasteiger partial charge in [-0.15, -0.1) is 0 Å². The van der Waals surface area contributed by atoms with E-state index in [-0.39, 0.29) is 0 Å². The van der Waals surface area contributed by atoms with Crippen LogP contribution in [0.2, 0.25) is 0 Å². The van der Waals surface area contributed by atoms with E-state index in [0.717, 1.165) is 11.3 Å². The normalized spacial score (nSPS) is 11.0. The Bertz CT molecular complexity index is 654. The van der Waals surface area contributed by atoms with E-state index in [9.17, 15) is 4.79 Å². The first-order valence-corrected chi connectivity index (χ1v) is 6.43. The van der Waals surface area contributed by atoms with Crippen molar-refractivity contribution in [1.82, 2.24) is 4.98 Å². The van der Waals surface area contributed by atoms with Gasteiger partial charge >= 0.3 is 5.97 Å². The fraction of sp³-hybridized carbons (Fsp3) is 0.176. The molecule has 1 heterocycles. The summed E-state index contributed by atoms with van der Waals surface area (Å²) in [5.74, 6) is 6.27. The molecule has 0 aliphatic carbocycles. The highest BCUT2D eigenvalue weighted by molar-refractivity contribution is 5.66. The molecule has 1 aromatic heterocycles. The summed E-state index contributed by atoms with van der Waals surface area (Å²) in [5, 5.41) is 0. The molecule has 21 heavy (non-hydrogen) atoms. The molecule has 0 radical (unpaired) electrons. The van der Waals surface area contributed by atoms with Crippen molar-refractivity contribution in [3.63, 3.8) is 0 Å². The van der Waals surface area contributed by atoms with E-state index in [4.69, 9.17) is 9.47 Å². The van der Waals surface area contributed by atoms with Gasteiger partial charge < -0.3 is 9.47 Å². The van der Waals surface area contributed by atoms with Gasteiger partial charge in [0.15, 0.2) is 0 Å². The third-order valence-corrected chi connectivity index (χ3v) is 2.68. The van der Waals surface area contributed by atoms with Crippen molar-refractivity contribution in [3.05, 3.63) is 59.9 Å². The van der Waals surface area contributed by atoms with E-state index >= 15 is 0 Å². The Morgan fingerprint density at radius 3 is 2.52 bits per heavy atom. The highest BCUT2D eigenvalue weighted by Gasteiger charge is 2.12. The van der Waals surface area contributed by atoms with Gasteiger partial charge in [0.25, 0.3) is 0 Å². The van der Waals surface area contributed by atoms with Crippen molar-refractivity contribution in [3.8, 4) is 17.6 Å². The summed E-state index contributed by atoms with van der Waals surface area (Å²) in [6, 6.07) is 12.7. The van der Waals surface area contributed by atoms with Crippen molar-refractivity contribution in [1.29, 1.82) is 0 Å². The number of aromatic nitrogens is 1. The van der Waals surface area contributed by atoms with Gasteiger partial charge in [-0.25, -0.2) is 0 Å². The topological polar surface area (TPSA) is 48.4 Å². The molecule has 106 valence electrons. The van der Waals surface area contributed by atoms with E-state index in [0.29, 0.717) is 5.69 Å². The number of hydrogen-bond acceptors (Lipinski definition) is 4. The fourth-order valence-electron chi connectivity index (χ4n) is 1.68. The summed E-state index contributed by atoms with van der Waals surface area (Å²) in [4.78, 5) is 15.4. The van der Waals surface area contributed by atoms with Gasteiger partial charge in [-0.2, -0.15) is 0 Å². The summed E-state index contributed by atoms with van der Waals surface area (Å²) >= 11 is 0. The number of hydrogen-bond donors (Lipinski definition) is 0. The maximum absolute atomic E-state index is 11.2. The third kappa shape index (κ3) is 4.36. The Hall–Kier alpha value is -2.80. The van der Waals surface area contributed by atoms with Crippen LogP contribution in [-0.4, -0.2) is 18.1 Å². The minimum atomic E-state index is -0.675. The highest BCUT2D eigenvalue weighted by Crippen LogP contribution is 2.15. The number of nitrogens with zero attached hydrogens (tertiary/aromatic N) is 1. The highest BCUT2D eigenvalue weighted by atomic mass is 16.5. The summed E-state index contributed by atoms with van der Waals surface area (Å²) in [7, 11) is 1.61. The van der Waals surface area contributed by atoms with Crippen molar-refractivity contribution in [2.24, 2.45) is 0 Å². The number of carbonyl (C=O) groups is 1. The minimum Gasteiger partial charge on any atom is -0.497 e. The maximum Gasteiger partial charge on any atom is 0.304 e. The number of rotatable bonds is 3. The van der Waals surface area contributed by atoms with Gasteiger partial charge in [0.2, 0.25) is 6.10 Å². The molecule has 0 fully saturated rings. The molecule has 1 aromatic carbocycles. The van der Waals surface area contributed by atoms with Gasteiger partial charge in [-0.3, -0.25) is 9.78 Å². The first-order chi connectivity index (χ1) is 10.2. The SMILES string of the molecule is COc1ccc(C#CC(OC(C)=O)c2ccccn2)cc1. The predicted octanol–water partition coefficient (Wildman–Crippen LogP) is 2.75. The van der Waals surface area contributed by atoms with Crippen LogP contribution >= 0.6 is 0 Å². The summed E-state index contributed by atoms with van der Waals surface area (Å²) in [6.45, 7) is 1.35. The number of ether oxygens (including phenoxy) is 2. The molecule has 2 aromatic rings. The largest absolute Gasteiger partial charge is 0.497 e. The molecule has 4 heteroatoms. The minimum absolute atomic E-state index is 0.394. The molecule has 0 saturated carbocycles. The summed E-state index contributed by atoms with van der Waals surface area (Å²) in [5.41, 5.74) is 1.41. The molecule has 0 spiro atoms. The summed E-state index contributed by atoms with van der Waals surface area (Å²) < 4.78 is 10.3. The average molecular weight is 281 g/mol. The van der Waals surface area contributed by atoms with Crippen LogP contribution in [-0.2, 0) is 9.53 Å². The number of carbonyl (C=O) groups excluding carboxylic acids is 1. The first kappa shape index (κ1) is 14.6. The lowest BCUT2D eigenvalue weighted by molar-refractivity contribution is -0.144. The second-order valence-corrected chi connectivity index (χ2v) is 4.24. The van der Waals surface area contributed by atoms with Crippen molar-refractivity contribution in [2.45, 2.75) is 13.0 Å². The van der Waals surface area contributed by atoms with Crippen LogP contribution in [0.1, 0.15) is 24.3 Å². The van der Waals surface area contributed by atoms with Crippen LogP contribution in [0.25, 0.3) is 0 Å². The molecule has 0 aliphatic rings. The lowest BCUT2D eigenvalue weighted by atomic mass is 10.2. The van der Waals surface area contributed by atoms with Crippen molar-refractivity contribution >= 4 is 5.97 Å². The average Bonchev–Trinajstić information content (AvgIpc) is 2.52. The van der Waals surface area contributed by atoms with E-state index < -0.39 is 12.1 Å². The van der Waals surface area contributed by atoms with Crippen LogP contribution in [0.5, 0.6) is 5.75 Å². The third-order valence-electron chi connectivity index (χ3n) is 2.68. The van der Waals surface area contributed by atoms with Crippen molar-refractivity contribution in [2.75, 3.05) is 7.11 Å². The Balaban J connectivity index is 2.22. The van der Waals surface area contributed by atoms with E-state index in [1.807, 2.05) is 30.3 Å². The van der Waals surface area contributed by atoms with Crippen LogP contribution in [0.4, 0.5) is 0 Å². The van der Waals surface area contributed by atoms with Gasteiger partial charge in [-0.1, -0.05) is 12.0 Å². The molecule has 0 amide bonds. The second-order valence-electron chi connectivity index (χ2n) is 4.24. The molecular weight excluding hydrogens is 266 g/mol. The van der Waals surface area contributed by atoms with Crippen LogP contribution < -0.4 is 4.74 Å². The van der Waals surface area contributed by atoms with Gasteiger partial charge in [0.05, 0.1) is 12.8 Å². The molecular formula is C17H15NO3. The number of methoxy groups -OCH3 is 1. The Morgan fingerprint density at radius 1 is 1.19 bits per heavy atom.